The van der Waals surface area contributed by atoms with Crippen molar-refractivity contribution in [3.05, 3.63) is 16.5 Å². The predicted octanol–water partition coefficient (Wildman–Crippen LogP) is 3.10. The molecule has 1 aliphatic rings. The fourth-order valence-corrected chi connectivity index (χ4v) is 5.02. The minimum atomic E-state index is -3.83. The Morgan fingerprint density at radius 1 is 1.38 bits per heavy atom. The molecule has 0 aliphatic heterocycles. The smallest absolute Gasteiger partial charge is 0.339 e. The molecular formula is C13H17ClO5S2. The quantitative estimate of drug-likeness (QED) is 0.615. The van der Waals surface area contributed by atoms with Crippen LogP contribution in [0.25, 0.3) is 0 Å². The van der Waals surface area contributed by atoms with Crippen molar-refractivity contribution in [3.63, 3.8) is 0 Å². The van der Waals surface area contributed by atoms with Crippen molar-refractivity contribution in [1.29, 1.82) is 0 Å². The number of hydrogen-bond donors (Lipinski definition) is 0. The first-order valence-corrected chi connectivity index (χ1v) is 9.78. The van der Waals surface area contributed by atoms with Gasteiger partial charge in [0.05, 0.1) is 11.7 Å². The zero-order chi connectivity index (χ0) is 15.6. The van der Waals surface area contributed by atoms with Gasteiger partial charge >= 0.3 is 5.97 Å². The van der Waals surface area contributed by atoms with Crippen LogP contribution in [0, 0.1) is 6.92 Å². The highest BCUT2D eigenvalue weighted by Crippen LogP contribution is 2.31. The van der Waals surface area contributed by atoms with E-state index in [1.807, 2.05) is 0 Å². The second kappa shape index (κ2) is 6.64. The lowest BCUT2D eigenvalue weighted by Crippen LogP contribution is -2.29. The highest BCUT2D eigenvalue weighted by molar-refractivity contribution is 8.15. The molecule has 21 heavy (non-hydrogen) atoms. The molecule has 1 aliphatic carbocycles. The topological polar surface area (TPSA) is 69.7 Å². The Balaban J connectivity index is 2.09. The van der Waals surface area contributed by atoms with Gasteiger partial charge in [0.1, 0.15) is 10.3 Å². The van der Waals surface area contributed by atoms with Crippen molar-refractivity contribution >= 4 is 37.0 Å². The van der Waals surface area contributed by atoms with E-state index >= 15 is 0 Å². The summed E-state index contributed by atoms with van der Waals surface area (Å²) in [6.07, 6.45) is 3.31. The molecule has 0 bridgehead atoms. The molecule has 0 amide bonds. The summed E-state index contributed by atoms with van der Waals surface area (Å²) < 4.78 is 33.5. The summed E-state index contributed by atoms with van der Waals surface area (Å²) in [6, 6.07) is 0. The van der Waals surface area contributed by atoms with Gasteiger partial charge < -0.3 is 9.47 Å². The first kappa shape index (κ1) is 16.7. The fourth-order valence-electron chi connectivity index (χ4n) is 2.48. The summed E-state index contributed by atoms with van der Waals surface area (Å²) >= 11 is 0.933. The summed E-state index contributed by atoms with van der Waals surface area (Å²) in [4.78, 5) is 12.2. The summed E-state index contributed by atoms with van der Waals surface area (Å²) in [5.41, 5.74) is 0.609. The van der Waals surface area contributed by atoms with E-state index in [9.17, 15) is 13.2 Å². The Bertz CT molecular complexity index is 623. The molecule has 2 unspecified atom stereocenters. The van der Waals surface area contributed by atoms with E-state index in [1.165, 1.54) is 5.38 Å². The van der Waals surface area contributed by atoms with Gasteiger partial charge in [-0.3, -0.25) is 0 Å². The van der Waals surface area contributed by atoms with Crippen LogP contribution in [0.3, 0.4) is 0 Å². The summed E-state index contributed by atoms with van der Waals surface area (Å²) in [6.45, 7) is 1.56. The van der Waals surface area contributed by atoms with E-state index in [0.717, 1.165) is 30.6 Å². The molecule has 1 fully saturated rings. The van der Waals surface area contributed by atoms with Crippen LogP contribution in [0.15, 0.2) is 9.59 Å². The number of methoxy groups -OCH3 is 1. The highest BCUT2D eigenvalue weighted by atomic mass is 35.7. The van der Waals surface area contributed by atoms with E-state index in [1.54, 1.807) is 14.0 Å². The molecule has 5 nitrogen and oxygen atoms in total. The van der Waals surface area contributed by atoms with Crippen LogP contribution in [0.5, 0.6) is 0 Å². The van der Waals surface area contributed by atoms with E-state index in [0.29, 0.717) is 12.0 Å². The third-order valence-electron chi connectivity index (χ3n) is 3.62. The van der Waals surface area contributed by atoms with E-state index < -0.39 is 15.0 Å². The lowest BCUT2D eigenvalue weighted by molar-refractivity contribution is -0.0149. The lowest BCUT2D eigenvalue weighted by atomic mass is 9.95. The van der Waals surface area contributed by atoms with E-state index in [2.05, 4.69) is 0 Å². The average Bonchev–Trinajstić information content (AvgIpc) is 2.80. The number of ether oxygens (including phenoxy) is 2. The standard InChI is InChI=1S/C13H17ClO5S2/c1-8-11(7-20-13(8)21(14,16)17)12(15)19-10-5-3-4-9(6-10)18-2/h7,9-10H,3-6H2,1-2H3. The van der Waals surface area contributed by atoms with Gasteiger partial charge in [-0.15, -0.1) is 11.3 Å². The third-order valence-corrected chi connectivity index (χ3v) is 6.93. The maximum Gasteiger partial charge on any atom is 0.339 e. The first-order chi connectivity index (χ1) is 9.82. The number of carbonyl (C=O) groups is 1. The number of rotatable bonds is 4. The van der Waals surface area contributed by atoms with Crippen molar-refractivity contribution in [2.75, 3.05) is 7.11 Å². The lowest BCUT2D eigenvalue weighted by Gasteiger charge is -2.27. The predicted molar refractivity (Wildman–Crippen MR) is 80.6 cm³/mol. The maximum absolute atomic E-state index is 12.2. The van der Waals surface area contributed by atoms with Gasteiger partial charge in [-0.05, 0) is 31.7 Å². The van der Waals surface area contributed by atoms with E-state index in [4.69, 9.17) is 20.2 Å². The number of halogens is 1. The van der Waals surface area contributed by atoms with Gasteiger partial charge in [0.15, 0.2) is 0 Å². The van der Waals surface area contributed by atoms with Crippen LogP contribution in [0.4, 0.5) is 0 Å². The third kappa shape index (κ3) is 3.97. The Labute approximate surface area is 132 Å². The minimum Gasteiger partial charge on any atom is -0.459 e. The Morgan fingerprint density at radius 2 is 2.05 bits per heavy atom. The average molecular weight is 353 g/mol. The molecule has 0 N–H and O–H groups in total. The molecule has 2 rings (SSSR count). The van der Waals surface area contributed by atoms with Crippen LogP contribution < -0.4 is 0 Å². The molecule has 0 aromatic carbocycles. The number of thiophene rings is 1. The summed E-state index contributed by atoms with van der Waals surface area (Å²) in [7, 11) is 3.14. The molecule has 0 saturated heterocycles. The van der Waals surface area contributed by atoms with Crippen LogP contribution >= 0.6 is 22.0 Å². The van der Waals surface area contributed by atoms with Crippen LogP contribution in [0.2, 0.25) is 0 Å². The molecule has 0 spiro atoms. The molecule has 118 valence electrons. The van der Waals surface area contributed by atoms with Crippen molar-refractivity contribution < 1.29 is 22.7 Å². The van der Waals surface area contributed by atoms with Gasteiger partial charge in [-0.2, -0.15) is 0 Å². The molecular weight excluding hydrogens is 336 g/mol. The zero-order valence-corrected chi connectivity index (χ0v) is 14.2. The number of hydrogen-bond acceptors (Lipinski definition) is 6. The number of carbonyl (C=O) groups excluding carboxylic acids is 1. The Hall–Kier alpha value is -0.630. The number of esters is 1. The van der Waals surface area contributed by atoms with Gasteiger partial charge in [-0.25, -0.2) is 13.2 Å². The zero-order valence-electron chi connectivity index (χ0n) is 11.8. The van der Waals surface area contributed by atoms with Crippen molar-refractivity contribution in [3.8, 4) is 0 Å². The summed E-state index contributed by atoms with van der Waals surface area (Å²) in [5.74, 6) is -0.503. The van der Waals surface area contributed by atoms with Gasteiger partial charge in [0, 0.05) is 29.6 Å². The van der Waals surface area contributed by atoms with Gasteiger partial charge in [-0.1, -0.05) is 0 Å². The van der Waals surface area contributed by atoms with Crippen LogP contribution in [-0.4, -0.2) is 33.7 Å². The van der Waals surface area contributed by atoms with E-state index in [-0.39, 0.29) is 22.0 Å². The van der Waals surface area contributed by atoms with Crippen LogP contribution in [0.1, 0.15) is 41.6 Å². The van der Waals surface area contributed by atoms with Gasteiger partial charge in [0.2, 0.25) is 0 Å². The molecule has 1 aromatic heterocycles. The highest BCUT2D eigenvalue weighted by Gasteiger charge is 2.28. The molecule has 1 aromatic rings. The molecule has 8 heteroatoms. The second-order valence-electron chi connectivity index (χ2n) is 5.05. The Kier molecular flexibility index (Phi) is 5.29. The summed E-state index contributed by atoms with van der Waals surface area (Å²) in [5, 5.41) is 1.48. The Morgan fingerprint density at radius 3 is 2.62 bits per heavy atom. The molecule has 2 atom stereocenters. The minimum absolute atomic E-state index is 0.00507. The molecule has 1 saturated carbocycles. The van der Waals surface area contributed by atoms with Crippen LogP contribution in [-0.2, 0) is 18.5 Å². The van der Waals surface area contributed by atoms with Crippen molar-refractivity contribution in [2.24, 2.45) is 0 Å². The van der Waals surface area contributed by atoms with Crippen molar-refractivity contribution in [2.45, 2.75) is 49.0 Å². The van der Waals surface area contributed by atoms with Crippen molar-refractivity contribution in [1.82, 2.24) is 0 Å². The fraction of sp³-hybridized carbons (Fsp3) is 0.615. The largest absolute Gasteiger partial charge is 0.459 e. The first-order valence-electron chi connectivity index (χ1n) is 6.59. The van der Waals surface area contributed by atoms with Gasteiger partial charge in [0.25, 0.3) is 9.05 Å². The maximum atomic E-state index is 12.2. The molecule has 1 heterocycles. The SMILES string of the molecule is COC1CCCC(OC(=O)c2csc(S(=O)(=O)Cl)c2C)C1. The second-order valence-corrected chi connectivity index (χ2v) is 8.69. The molecule has 0 radical (unpaired) electrons. The monoisotopic (exact) mass is 352 g/mol. The normalized spacial score (nSPS) is 23.0.